The Kier molecular flexibility index (Phi) is 3.22. The van der Waals surface area contributed by atoms with E-state index in [1.54, 1.807) is 0 Å². The predicted molar refractivity (Wildman–Crippen MR) is 72.3 cm³/mol. The highest BCUT2D eigenvalue weighted by Gasteiger charge is 2.50. The highest BCUT2D eigenvalue weighted by Crippen LogP contribution is 2.38. The summed E-state index contributed by atoms with van der Waals surface area (Å²) in [5, 5.41) is 23.0. The van der Waals surface area contributed by atoms with E-state index >= 15 is 0 Å². The number of nitrogen functional groups attached to an aromatic ring is 1. The summed E-state index contributed by atoms with van der Waals surface area (Å²) in [4.78, 5) is 24.6. The molecule has 3 atom stereocenters. The quantitative estimate of drug-likeness (QED) is 0.310. The Hall–Kier alpha value is -2.66. The number of aromatic nitrogens is 4. The minimum atomic E-state index is -1.90. The highest BCUT2D eigenvalue weighted by atomic mass is 16.6. The van der Waals surface area contributed by atoms with E-state index in [4.69, 9.17) is 16.0 Å². The molecule has 1 aliphatic heterocycles. The molecule has 12 heteroatoms. The smallest absolute Gasteiger partial charge is 0.280 e. The van der Waals surface area contributed by atoms with Crippen molar-refractivity contribution in [1.82, 2.24) is 19.5 Å². The SMILES string of the molecule is [N-]=[N+]=N[C@@]1(n2cnc3c(=O)[nH]c(N)nc32)O[C@H](CO)C[C@H]1O. The highest BCUT2D eigenvalue weighted by molar-refractivity contribution is 5.70. The number of H-pyrrole nitrogens is 1. The number of imidazole rings is 1. The first-order chi connectivity index (χ1) is 10.5. The number of hydrogen-bond acceptors (Lipinski definition) is 8. The third-order valence-electron chi connectivity index (χ3n) is 3.42. The minimum Gasteiger partial charge on any atom is -0.394 e. The van der Waals surface area contributed by atoms with Gasteiger partial charge in [0.2, 0.25) is 5.95 Å². The van der Waals surface area contributed by atoms with Crippen molar-refractivity contribution in [2.24, 2.45) is 5.11 Å². The second-order valence-corrected chi connectivity index (χ2v) is 4.76. The molecular weight excluding hydrogens is 296 g/mol. The van der Waals surface area contributed by atoms with Crippen molar-refractivity contribution in [1.29, 1.82) is 0 Å². The Morgan fingerprint density at radius 3 is 3.14 bits per heavy atom. The zero-order valence-corrected chi connectivity index (χ0v) is 11.1. The van der Waals surface area contributed by atoms with Gasteiger partial charge in [-0.05, 0) is 10.6 Å². The van der Waals surface area contributed by atoms with E-state index in [2.05, 4.69) is 25.0 Å². The molecule has 0 bridgehead atoms. The van der Waals surface area contributed by atoms with Crippen molar-refractivity contribution in [3.8, 4) is 0 Å². The fourth-order valence-electron chi connectivity index (χ4n) is 2.47. The Labute approximate surface area is 121 Å². The topological polar surface area (TPSA) is 188 Å². The molecule has 3 rings (SSSR count). The molecule has 116 valence electrons. The average Bonchev–Trinajstić information content (AvgIpc) is 3.02. The summed E-state index contributed by atoms with van der Waals surface area (Å²) in [6, 6.07) is 0. The second-order valence-electron chi connectivity index (χ2n) is 4.76. The molecule has 0 spiro atoms. The first-order valence-electron chi connectivity index (χ1n) is 6.28. The molecule has 12 nitrogen and oxygen atoms in total. The molecule has 0 unspecified atom stereocenters. The Morgan fingerprint density at radius 1 is 1.73 bits per heavy atom. The summed E-state index contributed by atoms with van der Waals surface area (Å²) in [7, 11) is 0. The molecular formula is C10H12N8O4. The number of anilines is 1. The van der Waals surface area contributed by atoms with Crippen molar-refractivity contribution < 1.29 is 14.9 Å². The number of azide groups is 1. The fourth-order valence-corrected chi connectivity index (χ4v) is 2.47. The lowest BCUT2D eigenvalue weighted by molar-refractivity contribution is -0.140. The number of nitrogens with two attached hydrogens (primary N) is 1. The van der Waals surface area contributed by atoms with Gasteiger partial charge in [-0.15, -0.1) is 0 Å². The number of nitrogens with one attached hydrogen (secondary N) is 1. The Bertz CT molecular complexity index is 824. The molecule has 22 heavy (non-hydrogen) atoms. The number of aliphatic hydroxyl groups is 2. The van der Waals surface area contributed by atoms with Crippen LogP contribution in [0.25, 0.3) is 21.6 Å². The number of ether oxygens (including phenoxy) is 1. The summed E-state index contributed by atoms with van der Waals surface area (Å²) in [5.74, 6) is -2.06. The first-order valence-corrected chi connectivity index (χ1v) is 6.28. The zero-order valence-electron chi connectivity index (χ0n) is 11.1. The molecule has 1 saturated heterocycles. The molecule has 0 aromatic carbocycles. The van der Waals surface area contributed by atoms with E-state index in [1.165, 1.54) is 0 Å². The minimum absolute atomic E-state index is 0.00807. The van der Waals surface area contributed by atoms with E-state index in [0.717, 1.165) is 10.9 Å². The van der Waals surface area contributed by atoms with Crippen LogP contribution >= 0.6 is 0 Å². The van der Waals surface area contributed by atoms with Gasteiger partial charge < -0.3 is 20.7 Å². The number of fused-ring (bicyclic) bond motifs is 1. The maximum absolute atomic E-state index is 11.8. The fraction of sp³-hybridized carbons (Fsp3) is 0.500. The third kappa shape index (κ3) is 1.90. The van der Waals surface area contributed by atoms with Gasteiger partial charge in [-0.2, -0.15) is 4.98 Å². The Morgan fingerprint density at radius 2 is 2.50 bits per heavy atom. The van der Waals surface area contributed by atoms with Crippen LogP contribution in [0.1, 0.15) is 6.42 Å². The summed E-state index contributed by atoms with van der Waals surface area (Å²) in [5.41, 5.74) is 13.7. The molecule has 3 heterocycles. The van der Waals surface area contributed by atoms with Crippen LogP contribution in [0.5, 0.6) is 0 Å². The van der Waals surface area contributed by atoms with Crippen molar-refractivity contribution in [3.63, 3.8) is 0 Å². The molecule has 0 amide bonds. The largest absolute Gasteiger partial charge is 0.394 e. The standard InChI is InChI=1S/C10H12N8O4/c11-9-14-7-6(8(21)15-9)13-3-18(7)10(16-17-12)5(20)1-4(2-19)22-10/h3-5,19-20H,1-2H2,(H3,11,14,15,21)/t4-,5+,10-/m0/s1. The van der Waals surface area contributed by atoms with Gasteiger partial charge in [-0.1, -0.05) is 0 Å². The summed E-state index contributed by atoms with van der Waals surface area (Å²) < 4.78 is 6.63. The average molecular weight is 308 g/mol. The maximum Gasteiger partial charge on any atom is 0.280 e. The lowest BCUT2D eigenvalue weighted by Gasteiger charge is -2.28. The van der Waals surface area contributed by atoms with Crippen LogP contribution in [0.4, 0.5) is 5.95 Å². The number of nitrogens with zero attached hydrogens (tertiary/aromatic N) is 6. The predicted octanol–water partition coefficient (Wildman–Crippen LogP) is -1.24. The molecule has 1 fully saturated rings. The lowest BCUT2D eigenvalue weighted by atomic mass is 10.1. The van der Waals surface area contributed by atoms with Gasteiger partial charge in [-0.3, -0.25) is 14.3 Å². The normalized spacial score (nSPS) is 27.9. The van der Waals surface area contributed by atoms with Crippen molar-refractivity contribution in [2.45, 2.75) is 24.5 Å². The molecule has 2 aromatic heterocycles. The van der Waals surface area contributed by atoms with Gasteiger partial charge in [0, 0.05) is 11.3 Å². The van der Waals surface area contributed by atoms with E-state index in [-0.39, 0.29) is 30.1 Å². The number of aromatic amines is 1. The monoisotopic (exact) mass is 308 g/mol. The van der Waals surface area contributed by atoms with Crippen molar-refractivity contribution in [3.05, 3.63) is 27.1 Å². The summed E-state index contributed by atoms with van der Waals surface area (Å²) in [6.45, 7) is -0.372. The van der Waals surface area contributed by atoms with Gasteiger partial charge in [0.05, 0.1) is 19.0 Å². The molecule has 0 radical (unpaired) electrons. The molecule has 5 N–H and O–H groups in total. The summed E-state index contributed by atoms with van der Waals surface area (Å²) in [6.07, 6.45) is -0.810. The third-order valence-corrected chi connectivity index (χ3v) is 3.42. The van der Waals surface area contributed by atoms with Crippen LogP contribution in [-0.4, -0.2) is 48.5 Å². The van der Waals surface area contributed by atoms with E-state index in [1.807, 2.05) is 0 Å². The van der Waals surface area contributed by atoms with E-state index in [0.29, 0.717) is 0 Å². The molecule has 0 aliphatic carbocycles. The summed E-state index contributed by atoms with van der Waals surface area (Å²) >= 11 is 0. The molecule has 2 aromatic rings. The molecule has 1 aliphatic rings. The van der Waals surface area contributed by atoms with Crippen LogP contribution in [0, 0.1) is 0 Å². The van der Waals surface area contributed by atoms with Gasteiger partial charge in [0.1, 0.15) is 6.10 Å². The van der Waals surface area contributed by atoms with Crippen LogP contribution in [0.3, 0.4) is 0 Å². The van der Waals surface area contributed by atoms with Crippen molar-refractivity contribution >= 4 is 17.1 Å². The lowest BCUT2D eigenvalue weighted by Crippen LogP contribution is -2.40. The maximum atomic E-state index is 11.8. The van der Waals surface area contributed by atoms with E-state index in [9.17, 15) is 15.0 Å². The van der Waals surface area contributed by atoms with Crippen LogP contribution in [-0.2, 0) is 10.6 Å². The van der Waals surface area contributed by atoms with E-state index < -0.39 is 23.6 Å². The van der Waals surface area contributed by atoms with Gasteiger partial charge in [-0.25, -0.2) is 4.98 Å². The number of rotatable bonds is 3. The number of hydrogen-bond donors (Lipinski definition) is 4. The van der Waals surface area contributed by atoms with Gasteiger partial charge in [0.15, 0.2) is 11.2 Å². The first kappa shape index (κ1) is 14.3. The van der Waals surface area contributed by atoms with Crippen molar-refractivity contribution in [2.75, 3.05) is 12.3 Å². The Balaban J connectivity index is 2.27. The number of aliphatic hydroxyl groups excluding tert-OH is 2. The van der Waals surface area contributed by atoms with Crippen LogP contribution < -0.4 is 11.3 Å². The zero-order chi connectivity index (χ0) is 15.9. The van der Waals surface area contributed by atoms with Crippen LogP contribution in [0.15, 0.2) is 16.2 Å². The van der Waals surface area contributed by atoms with Crippen LogP contribution in [0.2, 0.25) is 0 Å². The molecule has 0 saturated carbocycles. The van der Waals surface area contributed by atoms with Gasteiger partial charge in [0.25, 0.3) is 11.4 Å². The second kappa shape index (κ2) is 4.96. The van der Waals surface area contributed by atoms with Gasteiger partial charge >= 0.3 is 0 Å².